The van der Waals surface area contributed by atoms with Crippen LogP contribution in [-0.4, -0.2) is 9.55 Å². The third-order valence-corrected chi connectivity index (χ3v) is 3.49. The molecule has 19 heavy (non-hydrogen) atoms. The maximum Gasteiger partial charge on any atom is 0.105 e. The summed E-state index contributed by atoms with van der Waals surface area (Å²) in [5, 5.41) is 8.98. The normalized spacial score (nSPS) is 10.4. The van der Waals surface area contributed by atoms with Gasteiger partial charge >= 0.3 is 0 Å². The predicted molar refractivity (Wildman–Crippen MR) is 75.8 cm³/mol. The van der Waals surface area contributed by atoms with Crippen LogP contribution in [0.1, 0.15) is 35.9 Å². The molecule has 0 aliphatic heterocycles. The van der Waals surface area contributed by atoms with Crippen molar-refractivity contribution in [3.05, 3.63) is 53.1 Å². The van der Waals surface area contributed by atoms with Crippen LogP contribution in [0, 0.1) is 18.3 Å². The molecule has 0 fully saturated rings. The number of nitriles is 1. The summed E-state index contributed by atoms with van der Waals surface area (Å²) in [5.74, 6) is 1.06. The van der Waals surface area contributed by atoms with Crippen LogP contribution < -0.4 is 0 Å². The second-order valence-corrected chi connectivity index (χ2v) is 4.72. The summed E-state index contributed by atoms with van der Waals surface area (Å²) in [6, 6.07) is 8.23. The van der Waals surface area contributed by atoms with Crippen LogP contribution in [0.4, 0.5) is 0 Å². The van der Waals surface area contributed by atoms with Gasteiger partial charge in [0, 0.05) is 18.9 Å². The molecule has 0 bridgehead atoms. The molecular weight excluding hydrogens is 234 g/mol. The first-order valence-corrected chi connectivity index (χ1v) is 6.74. The van der Waals surface area contributed by atoms with Crippen LogP contribution in [0.25, 0.3) is 0 Å². The summed E-state index contributed by atoms with van der Waals surface area (Å²) in [7, 11) is 0. The molecular formula is C16H19N3. The molecule has 0 saturated heterocycles. The second-order valence-electron chi connectivity index (χ2n) is 4.72. The molecule has 0 aliphatic rings. The summed E-state index contributed by atoms with van der Waals surface area (Å²) in [6.07, 6.45) is 6.95. The van der Waals surface area contributed by atoms with Gasteiger partial charge < -0.3 is 4.57 Å². The van der Waals surface area contributed by atoms with E-state index in [0.717, 1.165) is 37.2 Å². The monoisotopic (exact) mass is 253 g/mol. The molecule has 0 atom stereocenters. The lowest BCUT2D eigenvalue weighted by Crippen LogP contribution is -2.02. The molecule has 3 heteroatoms. The van der Waals surface area contributed by atoms with Crippen molar-refractivity contribution in [2.24, 2.45) is 0 Å². The molecule has 2 aromatic rings. The molecule has 2 rings (SSSR count). The van der Waals surface area contributed by atoms with Crippen molar-refractivity contribution in [3.8, 4) is 6.07 Å². The fourth-order valence-corrected chi connectivity index (χ4v) is 2.35. The first-order valence-electron chi connectivity index (χ1n) is 6.74. The maximum absolute atomic E-state index is 8.98. The second kappa shape index (κ2) is 6.19. The van der Waals surface area contributed by atoms with E-state index in [0.29, 0.717) is 0 Å². The Hall–Kier alpha value is -2.08. The van der Waals surface area contributed by atoms with E-state index >= 15 is 0 Å². The summed E-state index contributed by atoms with van der Waals surface area (Å²) in [5.41, 5.74) is 3.41. The Morgan fingerprint density at radius 1 is 1.32 bits per heavy atom. The Morgan fingerprint density at radius 3 is 2.79 bits per heavy atom. The molecule has 0 N–H and O–H groups in total. The van der Waals surface area contributed by atoms with Gasteiger partial charge in [0.15, 0.2) is 0 Å². The highest BCUT2D eigenvalue weighted by atomic mass is 15.0. The number of imidazole rings is 1. The van der Waals surface area contributed by atoms with Gasteiger partial charge in [-0.1, -0.05) is 13.0 Å². The smallest absolute Gasteiger partial charge is 0.105 e. The molecule has 1 aromatic heterocycles. The Labute approximate surface area is 114 Å². The number of hydrogen-bond acceptors (Lipinski definition) is 2. The van der Waals surface area contributed by atoms with Crippen molar-refractivity contribution >= 4 is 0 Å². The minimum Gasteiger partial charge on any atom is -0.335 e. The quantitative estimate of drug-likeness (QED) is 0.820. The van der Waals surface area contributed by atoms with Gasteiger partial charge in [-0.15, -0.1) is 0 Å². The molecule has 0 aliphatic carbocycles. The fraction of sp³-hybridized carbons (Fsp3) is 0.375. The number of rotatable bonds is 5. The van der Waals surface area contributed by atoms with E-state index in [1.165, 1.54) is 11.1 Å². The first kappa shape index (κ1) is 13.4. The highest BCUT2D eigenvalue weighted by molar-refractivity contribution is 5.38. The van der Waals surface area contributed by atoms with E-state index in [2.05, 4.69) is 28.6 Å². The lowest BCUT2D eigenvalue weighted by molar-refractivity contribution is 0.624. The lowest BCUT2D eigenvalue weighted by Gasteiger charge is -2.09. The van der Waals surface area contributed by atoms with Crippen molar-refractivity contribution < 1.29 is 0 Å². The van der Waals surface area contributed by atoms with E-state index in [4.69, 9.17) is 5.26 Å². The minimum atomic E-state index is 0.756. The maximum atomic E-state index is 8.98. The molecule has 0 spiro atoms. The zero-order chi connectivity index (χ0) is 13.7. The fourth-order valence-electron chi connectivity index (χ4n) is 2.35. The molecule has 98 valence electrons. The lowest BCUT2D eigenvalue weighted by atomic mass is 9.98. The van der Waals surface area contributed by atoms with Crippen LogP contribution in [-0.2, 0) is 19.4 Å². The van der Waals surface area contributed by atoms with Gasteiger partial charge in [0.2, 0.25) is 0 Å². The number of aryl methyl sites for hydroxylation is 4. The molecule has 0 unspecified atom stereocenters. The van der Waals surface area contributed by atoms with E-state index in [9.17, 15) is 0 Å². The molecule has 1 aromatic carbocycles. The Bertz CT molecular complexity index is 590. The first-order chi connectivity index (χ1) is 9.24. The Morgan fingerprint density at radius 2 is 2.16 bits per heavy atom. The summed E-state index contributed by atoms with van der Waals surface area (Å²) >= 11 is 0. The Kier molecular flexibility index (Phi) is 4.35. The standard InChI is InChI=1S/C16H19N3/c1-3-15-7-6-14(12-17)11-16(15)5-4-9-19-10-8-18-13(19)2/h6-8,10-11H,3-5,9H2,1-2H3. The van der Waals surface area contributed by atoms with Gasteiger partial charge in [-0.05, 0) is 49.4 Å². The minimum absolute atomic E-state index is 0.756. The zero-order valence-electron chi connectivity index (χ0n) is 11.6. The summed E-state index contributed by atoms with van der Waals surface area (Å²) in [6.45, 7) is 5.16. The van der Waals surface area contributed by atoms with Crippen LogP contribution >= 0.6 is 0 Å². The number of benzene rings is 1. The topological polar surface area (TPSA) is 41.6 Å². The largest absolute Gasteiger partial charge is 0.335 e. The third kappa shape index (κ3) is 3.23. The molecule has 1 heterocycles. The molecule has 3 nitrogen and oxygen atoms in total. The Balaban J connectivity index is 2.03. The van der Waals surface area contributed by atoms with E-state index in [1.807, 2.05) is 31.5 Å². The van der Waals surface area contributed by atoms with Gasteiger partial charge in [0.05, 0.1) is 11.6 Å². The average molecular weight is 253 g/mol. The molecule has 0 amide bonds. The third-order valence-electron chi connectivity index (χ3n) is 3.49. The number of hydrogen-bond donors (Lipinski definition) is 0. The van der Waals surface area contributed by atoms with Gasteiger partial charge in [-0.25, -0.2) is 4.98 Å². The SMILES string of the molecule is CCc1ccc(C#N)cc1CCCn1ccnc1C. The van der Waals surface area contributed by atoms with Gasteiger partial charge in [0.1, 0.15) is 5.82 Å². The van der Waals surface area contributed by atoms with Crippen molar-refractivity contribution in [3.63, 3.8) is 0 Å². The van der Waals surface area contributed by atoms with Gasteiger partial charge in [0.25, 0.3) is 0 Å². The molecule has 0 radical (unpaired) electrons. The zero-order valence-corrected chi connectivity index (χ0v) is 11.6. The summed E-state index contributed by atoms with van der Waals surface area (Å²) in [4.78, 5) is 4.22. The van der Waals surface area contributed by atoms with Crippen molar-refractivity contribution in [2.75, 3.05) is 0 Å². The van der Waals surface area contributed by atoms with Crippen LogP contribution in [0.3, 0.4) is 0 Å². The number of nitrogens with zero attached hydrogens (tertiary/aromatic N) is 3. The van der Waals surface area contributed by atoms with Crippen LogP contribution in [0.2, 0.25) is 0 Å². The predicted octanol–water partition coefficient (Wildman–Crippen LogP) is 3.26. The van der Waals surface area contributed by atoms with Crippen LogP contribution in [0.15, 0.2) is 30.6 Å². The molecule has 0 saturated carbocycles. The van der Waals surface area contributed by atoms with E-state index in [-0.39, 0.29) is 0 Å². The average Bonchev–Trinajstić information content (AvgIpc) is 2.84. The van der Waals surface area contributed by atoms with Crippen molar-refractivity contribution in [1.29, 1.82) is 5.26 Å². The van der Waals surface area contributed by atoms with Gasteiger partial charge in [-0.3, -0.25) is 0 Å². The highest BCUT2D eigenvalue weighted by Gasteiger charge is 2.03. The number of aromatic nitrogens is 2. The highest BCUT2D eigenvalue weighted by Crippen LogP contribution is 2.15. The van der Waals surface area contributed by atoms with E-state index < -0.39 is 0 Å². The van der Waals surface area contributed by atoms with E-state index in [1.54, 1.807) is 0 Å². The van der Waals surface area contributed by atoms with Crippen molar-refractivity contribution in [1.82, 2.24) is 9.55 Å². The van der Waals surface area contributed by atoms with Gasteiger partial charge in [-0.2, -0.15) is 5.26 Å². The summed E-state index contributed by atoms with van der Waals surface area (Å²) < 4.78 is 2.17. The van der Waals surface area contributed by atoms with Crippen LogP contribution in [0.5, 0.6) is 0 Å². The van der Waals surface area contributed by atoms with Crippen molar-refractivity contribution in [2.45, 2.75) is 39.7 Å².